The Hall–Kier alpha value is 1.62. The zero-order valence-corrected chi connectivity index (χ0v) is 3.09. The standard InChI is InChI=1S/Ga.In.H3O4P.6H/c;;1-5(2,3)4;;;;;;/h;;(H3,1,2,3,4);;;;;;. The van der Waals surface area contributed by atoms with Crippen molar-refractivity contribution in [3.8, 4) is 0 Å². The molecule has 0 aromatic heterocycles. The quantitative estimate of drug-likeness (QED) is 0.322. The summed E-state index contributed by atoms with van der Waals surface area (Å²) in [6.07, 6.45) is 0. The van der Waals surface area contributed by atoms with Gasteiger partial charge in [-0.05, 0) is 0 Å². The van der Waals surface area contributed by atoms with Gasteiger partial charge in [-0.2, -0.15) is 0 Å². The van der Waals surface area contributed by atoms with Gasteiger partial charge in [-0.15, -0.1) is 0 Å². The van der Waals surface area contributed by atoms with Crippen LogP contribution < -0.4 is 0 Å². The molecule has 0 spiro atoms. The van der Waals surface area contributed by atoms with Crippen molar-refractivity contribution >= 4 is 53.5 Å². The molecule has 0 saturated carbocycles. The van der Waals surface area contributed by atoms with Crippen LogP contribution in [0.1, 0.15) is 0 Å². The van der Waals surface area contributed by atoms with Crippen molar-refractivity contribution in [3.63, 3.8) is 0 Å². The average molecular weight is 289 g/mol. The second-order valence-electron chi connectivity index (χ2n) is 0.513. The fraction of sp³-hybridized carbons (Fsp3) is 0. The molecular formula is H9GaInO4P. The van der Waals surface area contributed by atoms with E-state index in [1.54, 1.807) is 0 Å². The molecule has 0 unspecified atom stereocenters. The Kier molecular flexibility index (Phi) is 13.0. The molecule has 0 radical (unpaired) electrons. The van der Waals surface area contributed by atoms with E-state index in [-0.39, 0.29) is 45.6 Å². The minimum atomic E-state index is -4.64. The van der Waals surface area contributed by atoms with Gasteiger partial charge >= 0.3 is 53.5 Å². The molecule has 0 fully saturated rings. The second kappa shape index (κ2) is 5.75. The normalized spacial score (nSPS) is 8.43. The number of phosphoric acid groups is 1. The summed E-state index contributed by atoms with van der Waals surface area (Å²) in [6, 6.07) is 0. The van der Waals surface area contributed by atoms with Gasteiger partial charge in [-0.3, -0.25) is 0 Å². The molecule has 44 valence electrons. The van der Waals surface area contributed by atoms with E-state index in [0.717, 1.165) is 0 Å². The third-order valence-electron chi connectivity index (χ3n) is 0. The van der Waals surface area contributed by atoms with Gasteiger partial charge in [0.25, 0.3) is 0 Å². The summed E-state index contributed by atoms with van der Waals surface area (Å²) < 4.78 is 8.88. The van der Waals surface area contributed by atoms with E-state index in [9.17, 15) is 0 Å². The van der Waals surface area contributed by atoms with Crippen molar-refractivity contribution in [3.05, 3.63) is 0 Å². The van der Waals surface area contributed by atoms with Gasteiger partial charge in [-0.1, -0.05) is 0 Å². The molecule has 0 aliphatic heterocycles. The van der Waals surface area contributed by atoms with Crippen LogP contribution in [0, 0.1) is 0 Å². The predicted octanol–water partition coefficient (Wildman–Crippen LogP) is -3.30. The van der Waals surface area contributed by atoms with Gasteiger partial charge in [0.2, 0.25) is 0 Å². The Morgan fingerprint density at radius 1 is 1.14 bits per heavy atom. The Balaban J connectivity index is -0.0000000800. The van der Waals surface area contributed by atoms with Crippen molar-refractivity contribution in [1.82, 2.24) is 0 Å². The van der Waals surface area contributed by atoms with E-state index in [1.807, 2.05) is 0 Å². The third-order valence-corrected chi connectivity index (χ3v) is 0. The number of hydrogen-bond acceptors (Lipinski definition) is 1. The summed E-state index contributed by atoms with van der Waals surface area (Å²) in [6.45, 7) is 0. The van der Waals surface area contributed by atoms with E-state index in [1.165, 1.54) is 0 Å². The fourth-order valence-corrected chi connectivity index (χ4v) is 0. The fourth-order valence-electron chi connectivity index (χ4n) is 0. The average Bonchev–Trinajstić information content (AvgIpc) is 0.722. The second-order valence-corrected chi connectivity index (χ2v) is 1.54. The summed E-state index contributed by atoms with van der Waals surface area (Å²) in [4.78, 5) is 21.6. The first kappa shape index (κ1) is 15.8. The molecule has 0 amide bonds. The summed E-state index contributed by atoms with van der Waals surface area (Å²) in [5.74, 6) is 0. The zero-order valence-electron chi connectivity index (χ0n) is 2.20. The third kappa shape index (κ3) is 91.9. The van der Waals surface area contributed by atoms with Crippen LogP contribution in [0.25, 0.3) is 0 Å². The van der Waals surface area contributed by atoms with E-state index < -0.39 is 7.82 Å². The zero-order chi connectivity index (χ0) is 4.50. The molecule has 7 heavy (non-hydrogen) atoms. The maximum absolute atomic E-state index is 8.88. The summed E-state index contributed by atoms with van der Waals surface area (Å²) >= 11 is 0. The van der Waals surface area contributed by atoms with Crippen molar-refractivity contribution in [2.45, 2.75) is 0 Å². The van der Waals surface area contributed by atoms with Gasteiger partial charge < -0.3 is 14.7 Å². The maximum atomic E-state index is 8.88. The molecule has 4 nitrogen and oxygen atoms in total. The summed E-state index contributed by atoms with van der Waals surface area (Å²) in [5.41, 5.74) is 0. The molecule has 0 aromatic rings. The van der Waals surface area contributed by atoms with Crippen molar-refractivity contribution in [1.29, 1.82) is 0 Å². The molecule has 0 heterocycles. The molecule has 0 aliphatic carbocycles. The Morgan fingerprint density at radius 2 is 1.14 bits per heavy atom. The topological polar surface area (TPSA) is 77.8 Å². The number of rotatable bonds is 0. The van der Waals surface area contributed by atoms with Crippen molar-refractivity contribution in [2.75, 3.05) is 0 Å². The van der Waals surface area contributed by atoms with Crippen LogP contribution in [-0.4, -0.2) is 60.3 Å². The van der Waals surface area contributed by atoms with Gasteiger partial charge in [0.1, 0.15) is 0 Å². The van der Waals surface area contributed by atoms with Gasteiger partial charge in [-0.25, -0.2) is 4.57 Å². The van der Waals surface area contributed by atoms with E-state index in [0.29, 0.717) is 0 Å². The first-order valence-corrected chi connectivity index (χ1v) is 2.35. The molecule has 3 N–H and O–H groups in total. The minimum absolute atomic E-state index is 0. The van der Waals surface area contributed by atoms with Crippen molar-refractivity contribution < 1.29 is 19.2 Å². The van der Waals surface area contributed by atoms with Gasteiger partial charge in [0.05, 0.1) is 0 Å². The molecule has 0 aliphatic rings. The first-order valence-electron chi connectivity index (χ1n) is 0.783. The van der Waals surface area contributed by atoms with Crippen LogP contribution in [0.4, 0.5) is 0 Å². The van der Waals surface area contributed by atoms with Crippen LogP contribution in [0.15, 0.2) is 0 Å². The van der Waals surface area contributed by atoms with Crippen LogP contribution in [0.3, 0.4) is 0 Å². The van der Waals surface area contributed by atoms with Crippen LogP contribution in [0.2, 0.25) is 0 Å². The van der Waals surface area contributed by atoms with Crippen LogP contribution in [-0.2, 0) is 4.57 Å². The van der Waals surface area contributed by atoms with E-state index in [4.69, 9.17) is 19.2 Å². The van der Waals surface area contributed by atoms with Gasteiger partial charge in [0, 0.05) is 0 Å². The predicted molar refractivity (Wildman–Crippen MR) is 34.1 cm³/mol. The molecular weight excluding hydrogens is 280 g/mol. The molecule has 7 heteroatoms. The number of hydrogen-bond donors (Lipinski definition) is 3. The SMILES string of the molecule is O=P(O)(O)O.[GaH3].[InH3]. The molecule has 0 rings (SSSR count). The molecule has 0 atom stereocenters. The van der Waals surface area contributed by atoms with E-state index >= 15 is 0 Å². The molecule has 0 aromatic carbocycles. The Labute approximate surface area is 72.4 Å². The monoisotopic (exact) mass is 288 g/mol. The molecule has 0 saturated heterocycles. The van der Waals surface area contributed by atoms with Gasteiger partial charge in [0.15, 0.2) is 0 Å². The van der Waals surface area contributed by atoms with Crippen LogP contribution >= 0.6 is 7.82 Å². The van der Waals surface area contributed by atoms with Crippen LogP contribution in [0.5, 0.6) is 0 Å². The molecule has 0 bridgehead atoms. The Morgan fingerprint density at radius 3 is 1.14 bits per heavy atom. The first-order chi connectivity index (χ1) is 2.00. The summed E-state index contributed by atoms with van der Waals surface area (Å²) in [7, 11) is -4.64. The Bertz CT molecular complexity index is 57.8. The van der Waals surface area contributed by atoms with Crippen molar-refractivity contribution in [2.24, 2.45) is 0 Å². The van der Waals surface area contributed by atoms with E-state index in [2.05, 4.69) is 0 Å². The summed E-state index contributed by atoms with van der Waals surface area (Å²) in [5, 5.41) is 0.